The number of aliphatic hydroxyl groups is 16. The number of allylic oxidation sites excluding steroid dienone is 2. The summed E-state index contributed by atoms with van der Waals surface area (Å²) in [6.07, 6.45) is -26.7. The lowest BCUT2D eigenvalue weighted by atomic mass is 9.37. The van der Waals surface area contributed by atoms with Crippen LogP contribution in [0.25, 0.3) is 0 Å². The largest absolute Gasteiger partial charge is 0.394 e. The van der Waals surface area contributed by atoms with Crippen molar-refractivity contribution in [3.63, 3.8) is 0 Å². The summed E-state index contributed by atoms with van der Waals surface area (Å²) in [5.74, 6) is -0.970. The van der Waals surface area contributed by atoms with Gasteiger partial charge in [-0.3, -0.25) is 0 Å². The minimum absolute atomic E-state index is 0.263. The van der Waals surface area contributed by atoms with E-state index in [2.05, 4.69) is 26.8 Å². The van der Waals surface area contributed by atoms with Crippen LogP contribution in [0.1, 0.15) is 100 Å². The van der Waals surface area contributed by atoms with Crippen molar-refractivity contribution in [3.05, 3.63) is 23.3 Å². The molecule has 30 unspecified atom stereocenters. The Morgan fingerprint density at radius 2 is 1.13 bits per heavy atom. The molecule has 456 valence electrons. The van der Waals surface area contributed by atoms with Gasteiger partial charge in [-0.25, -0.2) is 0 Å². The molecule has 24 nitrogen and oxygen atoms in total. The van der Waals surface area contributed by atoms with Gasteiger partial charge in [0.05, 0.1) is 56.9 Å². The second-order valence-electron chi connectivity index (χ2n) is 25.7. The Balaban J connectivity index is 1.02. The topological polar surface area (TPSA) is 398 Å². The molecule has 8 rings (SSSR count). The molecule has 8 aliphatic rings. The molecule has 4 saturated heterocycles. The summed E-state index contributed by atoms with van der Waals surface area (Å²) in [7, 11) is 0. The lowest BCUT2D eigenvalue weighted by Crippen LogP contribution is -2.68. The molecule has 0 bridgehead atoms. The highest BCUT2D eigenvalue weighted by Gasteiger charge is 2.73. The summed E-state index contributed by atoms with van der Waals surface area (Å²) in [5, 5.41) is 174. The fraction of sp³-hybridized carbons (Fsp3) is 0.927. The molecule has 0 amide bonds. The number of ether oxygens (including phenoxy) is 8. The maximum Gasteiger partial charge on any atom is 0.187 e. The standard InChI is InChI=1S/C55H92O24/c1-23(2)10-9-13-54(7,73-22-30-40(65)41(66)39(64)29(74-30)21-72-48-45(70)42(67)36(61)26(18-56)75-48)24-11-15-53(6)35(24)25(59)16-32-52(5)14-12-34(51(3,4)31(52)17-33(60)55(32,53)8)78-50-47(44(69)38(63)28(20-58)77-50)79-49-46(71)43(68)37(62)27(19-57)76-49/h10,17,24-30,32-50,56-71H,9,11-16,18-22H2,1-8H3. The Labute approximate surface area is 461 Å². The molecule has 0 radical (unpaired) electrons. The molecular formula is C55H92O24. The third-order valence-electron chi connectivity index (χ3n) is 20.6. The normalized spacial score (nSPS) is 51.6. The zero-order valence-corrected chi connectivity index (χ0v) is 46.6. The predicted octanol–water partition coefficient (Wildman–Crippen LogP) is -3.27. The average molecular weight is 1140 g/mol. The van der Waals surface area contributed by atoms with E-state index < -0.39 is 201 Å². The maximum absolute atomic E-state index is 12.9. The van der Waals surface area contributed by atoms with Crippen LogP contribution in [-0.4, -0.2) is 261 Å². The molecule has 4 heterocycles. The smallest absolute Gasteiger partial charge is 0.187 e. The van der Waals surface area contributed by atoms with Crippen LogP contribution in [0.5, 0.6) is 0 Å². The summed E-state index contributed by atoms with van der Waals surface area (Å²) >= 11 is 0. The van der Waals surface area contributed by atoms with Crippen LogP contribution in [0.4, 0.5) is 0 Å². The summed E-state index contributed by atoms with van der Waals surface area (Å²) in [6, 6.07) is 0. The molecular weight excluding hydrogens is 1040 g/mol. The number of rotatable bonds is 17. The molecule has 16 N–H and O–H groups in total. The highest BCUT2D eigenvalue weighted by Crippen LogP contribution is 2.75. The van der Waals surface area contributed by atoms with Crippen LogP contribution in [0.3, 0.4) is 0 Å². The molecule has 24 heteroatoms. The number of aliphatic hydroxyl groups excluding tert-OH is 16. The van der Waals surface area contributed by atoms with Gasteiger partial charge in [0.25, 0.3) is 0 Å². The van der Waals surface area contributed by atoms with Crippen LogP contribution in [0.15, 0.2) is 23.3 Å². The van der Waals surface area contributed by atoms with Gasteiger partial charge in [-0.15, -0.1) is 0 Å². The van der Waals surface area contributed by atoms with Crippen molar-refractivity contribution in [2.24, 2.45) is 39.4 Å². The summed E-state index contributed by atoms with van der Waals surface area (Å²) in [5.41, 5.74) is -2.01. The Kier molecular flexibility index (Phi) is 19.4. The van der Waals surface area contributed by atoms with Gasteiger partial charge in [0.1, 0.15) is 104 Å². The molecule has 7 fully saturated rings. The molecule has 0 aromatic heterocycles. The fourth-order valence-corrected chi connectivity index (χ4v) is 15.7. The van der Waals surface area contributed by atoms with Gasteiger partial charge < -0.3 is 120 Å². The molecule has 4 aliphatic carbocycles. The van der Waals surface area contributed by atoms with Gasteiger partial charge in [-0.2, -0.15) is 0 Å². The number of fused-ring (bicyclic) bond motifs is 5. The minimum atomic E-state index is -1.85. The van der Waals surface area contributed by atoms with Crippen molar-refractivity contribution < 1.29 is 120 Å². The van der Waals surface area contributed by atoms with Gasteiger partial charge in [0.2, 0.25) is 0 Å². The first-order chi connectivity index (χ1) is 37.0. The summed E-state index contributed by atoms with van der Waals surface area (Å²) in [4.78, 5) is 0. The monoisotopic (exact) mass is 1140 g/mol. The zero-order chi connectivity index (χ0) is 58.2. The summed E-state index contributed by atoms with van der Waals surface area (Å²) < 4.78 is 48.6. The lowest BCUT2D eigenvalue weighted by molar-refractivity contribution is -0.375. The fourth-order valence-electron chi connectivity index (χ4n) is 15.7. The van der Waals surface area contributed by atoms with E-state index in [1.54, 1.807) is 0 Å². The van der Waals surface area contributed by atoms with Crippen LogP contribution in [-0.2, 0) is 37.9 Å². The first kappa shape index (κ1) is 63.5. The van der Waals surface area contributed by atoms with Crippen LogP contribution >= 0.6 is 0 Å². The molecule has 0 aromatic carbocycles. The van der Waals surface area contributed by atoms with E-state index in [0.717, 1.165) is 11.1 Å². The van der Waals surface area contributed by atoms with Gasteiger partial charge >= 0.3 is 0 Å². The first-order valence-electron chi connectivity index (χ1n) is 28.2. The predicted molar refractivity (Wildman–Crippen MR) is 272 cm³/mol. The van der Waals surface area contributed by atoms with E-state index >= 15 is 0 Å². The highest BCUT2D eigenvalue weighted by atomic mass is 16.8. The Morgan fingerprint density at radius 3 is 1.71 bits per heavy atom. The van der Waals surface area contributed by atoms with E-state index in [-0.39, 0.29) is 18.4 Å². The molecule has 0 aromatic rings. The van der Waals surface area contributed by atoms with Crippen molar-refractivity contribution in [1.29, 1.82) is 0 Å². The van der Waals surface area contributed by atoms with Crippen molar-refractivity contribution in [2.45, 2.75) is 247 Å². The quantitative estimate of drug-likeness (QED) is 0.0636. The van der Waals surface area contributed by atoms with Crippen molar-refractivity contribution in [2.75, 3.05) is 33.0 Å². The minimum Gasteiger partial charge on any atom is -0.394 e. The zero-order valence-electron chi connectivity index (χ0n) is 46.6. The van der Waals surface area contributed by atoms with Crippen LogP contribution in [0.2, 0.25) is 0 Å². The second kappa shape index (κ2) is 24.1. The Bertz CT molecular complexity index is 2110. The average Bonchev–Trinajstić information content (AvgIpc) is 3.80. The van der Waals surface area contributed by atoms with E-state index in [9.17, 15) is 81.7 Å². The van der Waals surface area contributed by atoms with Gasteiger partial charge in [-0.05, 0) is 94.3 Å². The van der Waals surface area contributed by atoms with Crippen LogP contribution < -0.4 is 0 Å². The summed E-state index contributed by atoms with van der Waals surface area (Å²) in [6.45, 7) is 13.4. The maximum atomic E-state index is 12.9. The first-order valence-corrected chi connectivity index (χ1v) is 28.2. The van der Waals surface area contributed by atoms with Crippen molar-refractivity contribution in [1.82, 2.24) is 0 Å². The second-order valence-corrected chi connectivity index (χ2v) is 25.7. The van der Waals surface area contributed by atoms with E-state index in [0.29, 0.717) is 44.9 Å². The van der Waals surface area contributed by atoms with Crippen molar-refractivity contribution >= 4 is 0 Å². The molecule has 30 atom stereocenters. The van der Waals surface area contributed by atoms with E-state index in [1.807, 2.05) is 40.7 Å². The lowest BCUT2D eigenvalue weighted by Gasteiger charge is -2.69. The number of hydrogen-bond donors (Lipinski definition) is 16. The third kappa shape index (κ3) is 11.1. The molecule has 0 spiro atoms. The van der Waals surface area contributed by atoms with Crippen LogP contribution in [0, 0.1) is 39.4 Å². The van der Waals surface area contributed by atoms with E-state index in [1.165, 1.54) is 0 Å². The molecule has 3 saturated carbocycles. The van der Waals surface area contributed by atoms with Gasteiger partial charge in [0, 0.05) is 10.8 Å². The molecule has 4 aliphatic heterocycles. The third-order valence-corrected chi connectivity index (χ3v) is 20.6. The van der Waals surface area contributed by atoms with Gasteiger partial charge in [-0.1, -0.05) is 57.9 Å². The highest BCUT2D eigenvalue weighted by molar-refractivity contribution is 5.36. The molecule has 79 heavy (non-hydrogen) atoms. The van der Waals surface area contributed by atoms with Gasteiger partial charge in [0.15, 0.2) is 18.9 Å². The van der Waals surface area contributed by atoms with E-state index in [4.69, 9.17) is 37.9 Å². The Morgan fingerprint density at radius 1 is 0.608 bits per heavy atom. The van der Waals surface area contributed by atoms with Crippen molar-refractivity contribution in [3.8, 4) is 0 Å². The SMILES string of the molecule is CC(C)=CCCC(C)(OCC1OC(COC2OC(CO)C(O)C(O)C2O)C(O)C(O)C1O)C1CCC2(C)C1C(O)CC1C3(C)CCC(OC4OC(CO)C(O)C(O)C4OC4OC(CO)C(O)C(O)C4O)C(C)(C)C3=CC(O)C12C. The Hall–Kier alpha value is -1.48. The number of hydrogen-bond acceptors (Lipinski definition) is 24.